The number of hydrogen-bond donors (Lipinski definition) is 4. The molecule has 2 aliphatic carbocycles. The number of nitrogens with one attached hydrogen (secondary N) is 4. The number of carbonyl (C=O) groups excluding carboxylic acids is 11. The fourth-order valence-electron chi connectivity index (χ4n) is 12.7. The molecule has 480 valence electrons. The Hall–Kier alpha value is -6.32. The molecule has 4 fully saturated rings. The van der Waals surface area contributed by atoms with Crippen LogP contribution < -0.4 is 21.3 Å². The zero-order chi connectivity index (χ0) is 63.9. The summed E-state index contributed by atoms with van der Waals surface area (Å²) in [6, 6.07) is -0.0126. The van der Waals surface area contributed by atoms with Gasteiger partial charge in [-0.25, -0.2) is 0 Å². The number of halogens is 1. The van der Waals surface area contributed by atoms with Crippen LogP contribution in [0.5, 0.6) is 0 Å². The van der Waals surface area contributed by atoms with E-state index in [1.165, 1.54) is 76.6 Å². The second-order valence-electron chi connectivity index (χ2n) is 25.9. The molecule has 22 nitrogen and oxygen atoms in total. The van der Waals surface area contributed by atoms with E-state index in [0.29, 0.717) is 43.5 Å². The molecule has 8 atom stereocenters. The molecule has 5 rings (SSSR count). The zero-order valence-corrected chi connectivity index (χ0v) is 54.3. The van der Waals surface area contributed by atoms with Crippen molar-refractivity contribution in [2.45, 2.75) is 205 Å². The van der Waals surface area contributed by atoms with Crippen LogP contribution in [0.15, 0.2) is 24.3 Å². The highest BCUT2D eigenvalue weighted by molar-refractivity contribution is 6.30. The molecular formula is C63H100ClN11O11. The Balaban J connectivity index is 1.52. The maximum atomic E-state index is 15.0. The molecule has 0 radical (unpaired) electrons. The van der Waals surface area contributed by atoms with Gasteiger partial charge >= 0.3 is 0 Å². The van der Waals surface area contributed by atoms with Gasteiger partial charge in [0.1, 0.15) is 41.8 Å². The summed E-state index contributed by atoms with van der Waals surface area (Å²) in [5.41, 5.74) is -0.566. The lowest BCUT2D eigenvalue weighted by atomic mass is 9.84. The molecule has 2 heterocycles. The highest BCUT2D eigenvalue weighted by atomic mass is 35.5. The highest BCUT2D eigenvalue weighted by Crippen LogP contribution is 2.34. The number of carbonyl (C=O) groups is 11. The van der Waals surface area contributed by atoms with E-state index in [1.807, 2.05) is 32.9 Å². The van der Waals surface area contributed by atoms with Gasteiger partial charge in [0.2, 0.25) is 65.0 Å². The fraction of sp³-hybridized carbons (Fsp3) is 0.730. The molecule has 1 spiro atoms. The normalized spacial score (nSPS) is 26.8. The van der Waals surface area contributed by atoms with E-state index in [0.717, 1.165) is 37.7 Å². The molecule has 23 heteroatoms. The van der Waals surface area contributed by atoms with Crippen molar-refractivity contribution in [3.05, 3.63) is 34.9 Å². The molecule has 1 aromatic carbocycles. The summed E-state index contributed by atoms with van der Waals surface area (Å²) in [6.45, 7) is 11.5. The van der Waals surface area contributed by atoms with Gasteiger partial charge in [-0.3, -0.25) is 52.7 Å². The summed E-state index contributed by atoms with van der Waals surface area (Å²) in [5.74, 6) is -6.75. The molecule has 1 unspecified atom stereocenters. The molecule has 0 aromatic heterocycles. The Morgan fingerprint density at radius 3 is 1.83 bits per heavy atom. The van der Waals surface area contributed by atoms with Gasteiger partial charge in [-0.2, -0.15) is 0 Å². The van der Waals surface area contributed by atoms with Crippen LogP contribution in [-0.4, -0.2) is 216 Å². The number of amides is 11. The molecule has 2 saturated heterocycles. The van der Waals surface area contributed by atoms with Gasteiger partial charge in [-0.05, 0) is 99.7 Å². The summed E-state index contributed by atoms with van der Waals surface area (Å²) in [6.07, 6.45) is 8.46. The van der Waals surface area contributed by atoms with Crippen molar-refractivity contribution in [2.24, 2.45) is 23.7 Å². The third kappa shape index (κ3) is 18.6. The molecule has 4 aliphatic rings. The van der Waals surface area contributed by atoms with Gasteiger partial charge < -0.3 is 55.6 Å². The second-order valence-corrected chi connectivity index (χ2v) is 26.3. The SMILES string of the molecule is CCC(C)[C@@H]1NC(=O)[C@H](CC(C)C)N(C)C(=O)C[C@@H](C)NC(=O)[C@H](C(C)C)N(C)C(=O)C2(CCCC2)NC(=O)[C@@H]2CCCN2C(=O)[C@H](CCc2ccc(Cl)cc2)NC(=O)CN(C)C(=O)[C@H](CC2CCCCC2)N(C)C(=O)CN(C)C(=O)CN(C)C1=O. The van der Waals surface area contributed by atoms with E-state index < -0.39 is 144 Å². The maximum Gasteiger partial charge on any atom is 0.248 e. The van der Waals surface area contributed by atoms with Gasteiger partial charge in [0.05, 0.1) is 19.6 Å². The fourth-order valence-corrected chi connectivity index (χ4v) is 12.9. The smallest absolute Gasteiger partial charge is 0.248 e. The van der Waals surface area contributed by atoms with Gasteiger partial charge in [0.15, 0.2) is 0 Å². The van der Waals surface area contributed by atoms with Crippen molar-refractivity contribution in [2.75, 3.05) is 68.5 Å². The van der Waals surface area contributed by atoms with Gasteiger partial charge in [-0.1, -0.05) is 117 Å². The van der Waals surface area contributed by atoms with Crippen molar-refractivity contribution in [3.8, 4) is 0 Å². The molecule has 4 N–H and O–H groups in total. The maximum absolute atomic E-state index is 15.0. The molecule has 86 heavy (non-hydrogen) atoms. The highest BCUT2D eigenvalue weighted by Gasteiger charge is 2.49. The van der Waals surface area contributed by atoms with Gasteiger partial charge in [-0.15, -0.1) is 0 Å². The Kier molecular flexibility index (Phi) is 26.3. The third-order valence-electron chi connectivity index (χ3n) is 18.2. The average Bonchev–Trinajstić information content (AvgIpc) is 2.74. The predicted octanol–water partition coefficient (Wildman–Crippen LogP) is 4.15. The van der Waals surface area contributed by atoms with E-state index in [1.54, 1.807) is 39.8 Å². The van der Waals surface area contributed by atoms with Crippen LogP contribution >= 0.6 is 11.6 Å². The average molecular weight is 1220 g/mol. The Morgan fingerprint density at radius 1 is 0.616 bits per heavy atom. The van der Waals surface area contributed by atoms with E-state index in [4.69, 9.17) is 11.6 Å². The number of hydrogen-bond acceptors (Lipinski definition) is 11. The monoisotopic (exact) mass is 1220 g/mol. The van der Waals surface area contributed by atoms with Crippen molar-refractivity contribution >= 4 is 76.6 Å². The Labute approximate surface area is 515 Å². The number of benzene rings is 1. The van der Waals surface area contributed by atoms with Crippen molar-refractivity contribution in [1.82, 2.24) is 55.6 Å². The minimum absolute atomic E-state index is 0.0709. The van der Waals surface area contributed by atoms with Crippen LogP contribution in [-0.2, 0) is 59.2 Å². The van der Waals surface area contributed by atoms with E-state index in [9.17, 15) is 52.7 Å². The second kappa shape index (κ2) is 32.1. The van der Waals surface area contributed by atoms with E-state index in [-0.39, 0.29) is 56.9 Å². The van der Waals surface area contributed by atoms with Crippen LogP contribution in [0.3, 0.4) is 0 Å². The first-order valence-electron chi connectivity index (χ1n) is 31.3. The lowest BCUT2D eigenvalue weighted by molar-refractivity contribution is -0.149. The van der Waals surface area contributed by atoms with Gasteiger partial charge in [0.25, 0.3) is 0 Å². The summed E-state index contributed by atoms with van der Waals surface area (Å²) in [5, 5.41) is 12.3. The van der Waals surface area contributed by atoms with Crippen molar-refractivity contribution in [3.63, 3.8) is 0 Å². The standard InChI is InChI=1S/C63H100ClN11O11/c1-14-41(6)54-61(85)71(10)37-52(78)69(8)38-53(79)73(12)49(35-44-21-16-15-17-22-44)60(84)70(9)36-50(76)66-46(29-26-43-24-27-45(64)28-25-43)59(83)75-32-20-23-47(75)57(81)68-63(30-18-19-31-63)62(86)74(13)55(40(4)5)58(82)65-42(7)34-51(77)72(11)48(33-39(2)3)56(80)67-54/h24-25,27-28,39-42,44,46-49,54-55H,14-23,26,29-38H2,1-13H3,(H,65,82)(H,66,76)(H,67,80)(H,68,81)/t41?,42-,46+,47+,48+,49+,54+,55+/m1/s1. The molecule has 0 bridgehead atoms. The molecule has 1 aromatic rings. The van der Waals surface area contributed by atoms with Crippen molar-refractivity contribution < 1.29 is 52.7 Å². The topological polar surface area (TPSA) is 259 Å². The lowest BCUT2D eigenvalue weighted by Gasteiger charge is -2.39. The minimum atomic E-state index is -1.40. The molecule has 2 saturated carbocycles. The van der Waals surface area contributed by atoms with Crippen molar-refractivity contribution in [1.29, 1.82) is 0 Å². The Morgan fingerprint density at radius 2 is 1.22 bits per heavy atom. The first-order valence-corrected chi connectivity index (χ1v) is 31.7. The lowest BCUT2D eigenvalue weighted by Crippen LogP contribution is -2.64. The zero-order valence-electron chi connectivity index (χ0n) is 53.5. The largest absolute Gasteiger partial charge is 0.351 e. The summed E-state index contributed by atoms with van der Waals surface area (Å²) < 4.78 is 0. The predicted molar refractivity (Wildman–Crippen MR) is 327 cm³/mol. The molecular weight excluding hydrogens is 1120 g/mol. The number of rotatable bonds is 10. The number of nitrogens with zero attached hydrogens (tertiary/aromatic N) is 7. The summed E-state index contributed by atoms with van der Waals surface area (Å²) >= 11 is 6.21. The number of likely N-dealkylation sites (N-methyl/N-ethyl adjacent to an activating group) is 6. The first-order chi connectivity index (χ1) is 40.5. The third-order valence-corrected chi connectivity index (χ3v) is 18.5. The number of aryl methyl sites for hydroxylation is 1. The summed E-state index contributed by atoms with van der Waals surface area (Å²) in [4.78, 5) is 168. The van der Waals surface area contributed by atoms with Crippen LogP contribution in [0, 0.1) is 23.7 Å². The van der Waals surface area contributed by atoms with Crippen LogP contribution in [0.2, 0.25) is 5.02 Å². The quantitative estimate of drug-likeness (QED) is 0.259. The van der Waals surface area contributed by atoms with Gasteiger partial charge in [0, 0.05) is 66.3 Å². The van der Waals surface area contributed by atoms with E-state index in [2.05, 4.69) is 21.3 Å². The van der Waals surface area contributed by atoms with Crippen LogP contribution in [0.25, 0.3) is 0 Å². The van der Waals surface area contributed by atoms with Crippen LogP contribution in [0.4, 0.5) is 0 Å². The molecule has 11 amide bonds. The minimum Gasteiger partial charge on any atom is -0.351 e. The number of fused-ring (bicyclic) bond motifs is 1. The van der Waals surface area contributed by atoms with Crippen LogP contribution in [0.1, 0.15) is 157 Å². The summed E-state index contributed by atoms with van der Waals surface area (Å²) in [7, 11) is 8.85. The molecule has 2 aliphatic heterocycles. The van der Waals surface area contributed by atoms with E-state index >= 15 is 0 Å². The first kappa shape index (κ1) is 70.4. The Bertz CT molecular complexity index is 2570.